The van der Waals surface area contributed by atoms with Crippen molar-refractivity contribution in [3.8, 4) is 32.8 Å². The van der Waals surface area contributed by atoms with Gasteiger partial charge in [0.15, 0.2) is 0 Å². The summed E-state index contributed by atoms with van der Waals surface area (Å²) < 4.78 is 7.56. The van der Waals surface area contributed by atoms with Gasteiger partial charge in [0, 0.05) is 33.4 Å². The van der Waals surface area contributed by atoms with E-state index in [2.05, 4.69) is 181 Å². The van der Waals surface area contributed by atoms with E-state index in [9.17, 15) is 0 Å². The fourth-order valence-electron chi connectivity index (χ4n) is 7.08. The van der Waals surface area contributed by atoms with Crippen molar-refractivity contribution in [2.45, 2.75) is 0 Å². The van der Waals surface area contributed by atoms with Gasteiger partial charge in [0.25, 0.3) is 0 Å². The van der Waals surface area contributed by atoms with E-state index >= 15 is 0 Å². The first-order valence-corrected chi connectivity index (χ1v) is 17.9. The molecule has 0 aliphatic heterocycles. The number of nitrogens with zero attached hydrogens (tertiary/aromatic N) is 2. The largest absolute Gasteiger partial charge is 0.456 e. The van der Waals surface area contributed by atoms with Crippen molar-refractivity contribution in [1.82, 2.24) is 4.98 Å². The molecule has 10 rings (SSSR count). The molecule has 2 aromatic heterocycles. The minimum Gasteiger partial charge on any atom is -0.456 e. The second kappa shape index (κ2) is 12.1. The number of aromatic nitrogens is 1. The van der Waals surface area contributed by atoms with Crippen LogP contribution in [0.2, 0.25) is 0 Å². The Bertz CT molecular complexity index is 2840. The monoisotopic (exact) mass is 670 g/mol. The summed E-state index contributed by atoms with van der Waals surface area (Å²) in [7, 11) is 0. The van der Waals surface area contributed by atoms with Crippen LogP contribution in [-0.2, 0) is 0 Å². The third-order valence-electron chi connectivity index (χ3n) is 9.68. The van der Waals surface area contributed by atoms with Crippen molar-refractivity contribution in [1.29, 1.82) is 0 Å². The van der Waals surface area contributed by atoms with Crippen LogP contribution < -0.4 is 4.90 Å². The molecule has 2 heterocycles. The van der Waals surface area contributed by atoms with Gasteiger partial charge in [-0.15, -0.1) is 11.3 Å². The molecule has 0 atom stereocenters. The zero-order valence-electron chi connectivity index (χ0n) is 27.5. The van der Waals surface area contributed by atoms with Gasteiger partial charge in [0.2, 0.25) is 0 Å². The maximum Gasteiger partial charge on any atom is 0.136 e. The molecule has 0 spiro atoms. The predicted molar refractivity (Wildman–Crippen MR) is 215 cm³/mol. The lowest BCUT2D eigenvalue weighted by atomic mass is 10.0. The van der Waals surface area contributed by atoms with Crippen LogP contribution in [0.1, 0.15) is 0 Å². The van der Waals surface area contributed by atoms with Gasteiger partial charge in [-0.25, -0.2) is 4.98 Å². The Balaban J connectivity index is 1.06. The van der Waals surface area contributed by atoms with Gasteiger partial charge >= 0.3 is 0 Å². The van der Waals surface area contributed by atoms with Crippen molar-refractivity contribution in [2.24, 2.45) is 0 Å². The zero-order valence-corrected chi connectivity index (χ0v) is 28.3. The molecule has 0 unspecified atom stereocenters. The van der Waals surface area contributed by atoms with Gasteiger partial charge in [-0.1, -0.05) is 115 Å². The van der Waals surface area contributed by atoms with E-state index in [4.69, 9.17) is 9.40 Å². The highest BCUT2D eigenvalue weighted by atomic mass is 32.1. The Kier molecular flexibility index (Phi) is 7.00. The van der Waals surface area contributed by atoms with Crippen LogP contribution in [0.4, 0.5) is 17.1 Å². The lowest BCUT2D eigenvalue weighted by Crippen LogP contribution is -2.09. The van der Waals surface area contributed by atoms with Gasteiger partial charge in [0.1, 0.15) is 16.2 Å². The number of anilines is 3. The minimum atomic E-state index is 0.881. The maximum atomic E-state index is 6.37. The number of fused-ring (bicyclic) bond motifs is 5. The summed E-state index contributed by atoms with van der Waals surface area (Å²) in [5, 5.41) is 5.64. The van der Waals surface area contributed by atoms with Gasteiger partial charge in [0.05, 0.1) is 10.2 Å². The molecule has 0 bridgehead atoms. The molecule has 0 aliphatic rings. The minimum absolute atomic E-state index is 0.881. The fourth-order valence-corrected chi connectivity index (χ4v) is 8.04. The number of furan rings is 1. The van der Waals surface area contributed by atoms with E-state index in [1.807, 2.05) is 6.07 Å². The van der Waals surface area contributed by atoms with Crippen molar-refractivity contribution in [2.75, 3.05) is 4.90 Å². The summed E-state index contributed by atoms with van der Waals surface area (Å²) in [6, 6.07) is 64.6. The Morgan fingerprint density at radius 3 is 1.67 bits per heavy atom. The third kappa shape index (κ3) is 5.34. The Morgan fingerprint density at radius 1 is 0.412 bits per heavy atom. The van der Waals surface area contributed by atoms with Crippen LogP contribution in [0.3, 0.4) is 0 Å². The van der Waals surface area contributed by atoms with Crippen LogP contribution in [-0.4, -0.2) is 4.98 Å². The first-order valence-electron chi connectivity index (χ1n) is 17.1. The lowest BCUT2D eigenvalue weighted by Gasteiger charge is -2.26. The van der Waals surface area contributed by atoms with Gasteiger partial charge < -0.3 is 9.32 Å². The van der Waals surface area contributed by atoms with Crippen molar-refractivity contribution >= 4 is 71.3 Å². The molecule has 0 saturated heterocycles. The third-order valence-corrected chi connectivity index (χ3v) is 10.8. The van der Waals surface area contributed by atoms with Gasteiger partial charge in [-0.05, 0) is 99.8 Å². The predicted octanol–water partition coefficient (Wildman–Crippen LogP) is 13.8. The molecule has 0 amide bonds. The van der Waals surface area contributed by atoms with Crippen LogP contribution in [0.5, 0.6) is 0 Å². The highest BCUT2D eigenvalue weighted by Crippen LogP contribution is 2.41. The normalized spacial score (nSPS) is 11.5. The summed E-state index contributed by atoms with van der Waals surface area (Å²) in [5.74, 6) is 0. The number of rotatable bonds is 6. The zero-order chi connectivity index (χ0) is 33.7. The highest BCUT2D eigenvalue weighted by Gasteiger charge is 2.17. The highest BCUT2D eigenvalue weighted by molar-refractivity contribution is 7.21. The summed E-state index contributed by atoms with van der Waals surface area (Å²) >= 11 is 1.73. The molecule has 0 N–H and O–H groups in total. The van der Waals surface area contributed by atoms with Crippen molar-refractivity contribution in [3.05, 3.63) is 182 Å². The topological polar surface area (TPSA) is 29.3 Å². The number of benzene rings is 8. The second-order valence-electron chi connectivity index (χ2n) is 12.8. The van der Waals surface area contributed by atoms with Crippen LogP contribution >= 0.6 is 11.3 Å². The molecule has 3 nitrogen and oxygen atoms in total. The average molecular weight is 671 g/mol. The molecular weight excluding hydrogens is 641 g/mol. The van der Waals surface area contributed by atoms with E-state index in [0.29, 0.717) is 0 Å². The van der Waals surface area contributed by atoms with Gasteiger partial charge in [-0.3, -0.25) is 0 Å². The quantitative estimate of drug-likeness (QED) is 0.176. The van der Waals surface area contributed by atoms with E-state index < -0.39 is 0 Å². The Hall–Kier alpha value is -6.49. The van der Waals surface area contributed by atoms with E-state index in [0.717, 1.165) is 66.2 Å². The Labute approximate surface area is 299 Å². The first kappa shape index (κ1) is 29.4. The molecule has 240 valence electrons. The lowest BCUT2D eigenvalue weighted by molar-refractivity contribution is 0.669. The SMILES string of the molecule is c1ccc(-c2ccc(N(c3ccc(-c4ccc5sc(-c6ccccc6)nc5c4)cc3)c3ccc4oc5cc6ccccc6cc5c4c3)cc2)cc1. The number of hydrogen-bond acceptors (Lipinski definition) is 4. The van der Waals surface area contributed by atoms with E-state index in [-0.39, 0.29) is 0 Å². The molecule has 4 heteroatoms. The Morgan fingerprint density at radius 2 is 0.961 bits per heavy atom. The number of thiazole rings is 1. The maximum absolute atomic E-state index is 6.37. The first-order chi connectivity index (χ1) is 25.2. The smallest absolute Gasteiger partial charge is 0.136 e. The molecule has 0 fully saturated rings. The molecular formula is C47H30N2OS. The summed E-state index contributed by atoms with van der Waals surface area (Å²) in [6.07, 6.45) is 0. The van der Waals surface area contributed by atoms with Crippen molar-refractivity contribution in [3.63, 3.8) is 0 Å². The molecule has 8 aromatic carbocycles. The average Bonchev–Trinajstić information content (AvgIpc) is 3.79. The summed E-state index contributed by atoms with van der Waals surface area (Å²) in [4.78, 5) is 7.31. The van der Waals surface area contributed by atoms with Crippen LogP contribution in [0.15, 0.2) is 186 Å². The summed E-state index contributed by atoms with van der Waals surface area (Å²) in [5.41, 5.74) is 11.9. The van der Waals surface area contributed by atoms with Crippen molar-refractivity contribution < 1.29 is 4.42 Å². The fraction of sp³-hybridized carbons (Fsp3) is 0. The molecule has 10 aromatic rings. The number of hydrogen-bond donors (Lipinski definition) is 0. The molecule has 0 aliphatic carbocycles. The van der Waals surface area contributed by atoms with E-state index in [1.165, 1.54) is 26.6 Å². The molecule has 0 radical (unpaired) electrons. The molecule has 0 saturated carbocycles. The summed E-state index contributed by atoms with van der Waals surface area (Å²) in [6.45, 7) is 0. The van der Waals surface area contributed by atoms with Crippen LogP contribution in [0.25, 0.3) is 75.8 Å². The van der Waals surface area contributed by atoms with E-state index in [1.54, 1.807) is 11.3 Å². The van der Waals surface area contributed by atoms with Crippen LogP contribution in [0, 0.1) is 0 Å². The molecule has 51 heavy (non-hydrogen) atoms. The standard InChI is InChI=1S/C47H30N2OS/c1-3-9-31(10-4-1)32-15-20-38(21-16-32)49(40-24-25-44-42(30-40)41-27-35-13-7-8-14-36(35)29-45(41)50-44)39-22-17-33(18-23-39)37-19-26-46-43(28-37)48-47(51-46)34-11-5-2-6-12-34/h1-30H. The second-order valence-corrected chi connectivity index (χ2v) is 13.9. The van der Waals surface area contributed by atoms with Gasteiger partial charge in [-0.2, -0.15) is 0 Å².